The maximum absolute atomic E-state index is 11.7. The minimum Gasteiger partial charge on any atom is -0.459 e. The summed E-state index contributed by atoms with van der Waals surface area (Å²) in [4.78, 5) is 23.3. The highest BCUT2D eigenvalue weighted by Crippen LogP contribution is 2.02. The van der Waals surface area contributed by atoms with Crippen molar-refractivity contribution < 1.29 is 14.0 Å². The maximum atomic E-state index is 11.7. The molecule has 0 saturated heterocycles. The van der Waals surface area contributed by atoms with Crippen molar-refractivity contribution in [2.24, 2.45) is 0 Å². The zero-order chi connectivity index (χ0) is 13.1. The van der Waals surface area contributed by atoms with Crippen LogP contribution in [0.4, 0.5) is 0 Å². The highest BCUT2D eigenvalue weighted by atomic mass is 16.3. The predicted molar refractivity (Wildman–Crippen MR) is 63.5 cm³/mol. The van der Waals surface area contributed by atoms with E-state index in [-0.39, 0.29) is 17.2 Å². The van der Waals surface area contributed by atoms with Gasteiger partial charge >= 0.3 is 0 Å². The van der Waals surface area contributed by atoms with Crippen LogP contribution in [0.15, 0.2) is 22.8 Å². The molecule has 0 radical (unpaired) electrons. The van der Waals surface area contributed by atoms with Gasteiger partial charge in [0, 0.05) is 5.54 Å². The second-order valence-electron chi connectivity index (χ2n) is 4.91. The van der Waals surface area contributed by atoms with E-state index in [1.165, 1.54) is 6.26 Å². The minimum absolute atomic E-state index is 0.195. The van der Waals surface area contributed by atoms with Gasteiger partial charge in [0.15, 0.2) is 5.76 Å². The van der Waals surface area contributed by atoms with E-state index in [1.807, 2.05) is 20.8 Å². The van der Waals surface area contributed by atoms with Gasteiger partial charge < -0.3 is 15.1 Å². The largest absolute Gasteiger partial charge is 0.459 e. The summed E-state index contributed by atoms with van der Waals surface area (Å²) < 4.78 is 4.93. The Hall–Kier alpha value is -1.78. The molecule has 1 aromatic heterocycles. The third kappa shape index (κ3) is 4.30. The number of carbonyl (C=O) groups excluding carboxylic acids is 2. The quantitative estimate of drug-likeness (QED) is 0.834. The van der Waals surface area contributed by atoms with Crippen molar-refractivity contribution in [2.75, 3.05) is 0 Å². The van der Waals surface area contributed by atoms with E-state index >= 15 is 0 Å². The Kier molecular flexibility index (Phi) is 3.93. The third-order valence-corrected chi connectivity index (χ3v) is 1.98. The van der Waals surface area contributed by atoms with Gasteiger partial charge in [0.25, 0.3) is 5.91 Å². The van der Waals surface area contributed by atoms with Gasteiger partial charge in [0.2, 0.25) is 5.91 Å². The van der Waals surface area contributed by atoms with E-state index in [0.717, 1.165) is 0 Å². The van der Waals surface area contributed by atoms with Gasteiger partial charge in [-0.2, -0.15) is 0 Å². The van der Waals surface area contributed by atoms with Crippen LogP contribution < -0.4 is 10.6 Å². The van der Waals surface area contributed by atoms with Gasteiger partial charge in [0.1, 0.15) is 6.04 Å². The minimum atomic E-state index is -0.605. The molecule has 0 aromatic carbocycles. The summed E-state index contributed by atoms with van der Waals surface area (Å²) in [7, 11) is 0. The van der Waals surface area contributed by atoms with Crippen molar-refractivity contribution in [3.8, 4) is 0 Å². The van der Waals surface area contributed by atoms with Crippen LogP contribution >= 0.6 is 0 Å². The second-order valence-corrected chi connectivity index (χ2v) is 4.91. The zero-order valence-corrected chi connectivity index (χ0v) is 10.5. The van der Waals surface area contributed by atoms with Crippen LogP contribution in [-0.4, -0.2) is 23.4 Å². The fourth-order valence-electron chi connectivity index (χ4n) is 1.22. The topological polar surface area (TPSA) is 71.3 Å². The van der Waals surface area contributed by atoms with Crippen LogP contribution in [0, 0.1) is 0 Å². The summed E-state index contributed by atoms with van der Waals surface area (Å²) in [5.74, 6) is -0.427. The number of rotatable bonds is 3. The molecule has 0 saturated carbocycles. The molecule has 0 bridgehead atoms. The Morgan fingerprint density at radius 1 is 1.35 bits per heavy atom. The van der Waals surface area contributed by atoms with Crippen LogP contribution in [0.25, 0.3) is 0 Å². The second kappa shape index (κ2) is 5.03. The van der Waals surface area contributed by atoms with E-state index in [4.69, 9.17) is 4.42 Å². The fourth-order valence-corrected chi connectivity index (χ4v) is 1.22. The Morgan fingerprint density at radius 3 is 2.47 bits per heavy atom. The smallest absolute Gasteiger partial charge is 0.287 e. The Morgan fingerprint density at radius 2 is 2.00 bits per heavy atom. The molecule has 5 heteroatoms. The van der Waals surface area contributed by atoms with Crippen molar-refractivity contribution in [3.05, 3.63) is 24.2 Å². The first kappa shape index (κ1) is 13.3. The van der Waals surface area contributed by atoms with Crippen LogP contribution in [0.1, 0.15) is 38.2 Å². The normalized spacial score (nSPS) is 12.9. The molecule has 0 aliphatic carbocycles. The van der Waals surface area contributed by atoms with Crippen LogP contribution in [0.5, 0.6) is 0 Å². The summed E-state index contributed by atoms with van der Waals surface area (Å²) in [5, 5.41) is 5.35. The Labute approximate surface area is 101 Å². The van der Waals surface area contributed by atoms with E-state index in [2.05, 4.69) is 10.6 Å². The molecule has 17 heavy (non-hydrogen) atoms. The van der Waals surface area contributed by atoms with E-state index in [1.54, 1.807) is 19.1 Å². The molecule has 1 heterocycles. The average Bonchev–Trinajstić information content (AvgIpc) is 2.67. The summed E-state index contributed by atoms with van der Waals surface area (Å²) in [6.45, 7) is 7.27. The molecule has 1 aromatic rings. The first-order valence-electron chi connectivity index (χ1n) is 5.46. The number of furan rings is 1. The number of hydrogen-bond acceptors (Lipinski definition) is 3. The fraction of sp³-hybridized carbons (Fsp3) is 0.500. The number of nitrogens with one attached hydrogen (secondary N) is 2. The lowest BCUT2D eigenvalue weighted by Gasteiger charge is -2.23. The summed E-state index contributed by atoms with van der Waals surface area (Å²) in [6, 6.07) is 2.56. The molecule has 5 nitrogen and oxygen atoms in total. The molecule has 1 rings (SSSR count). The predicted octanol–water partition coefficient (Wildman–Crippen LogP) is 1.31. The zero-order valence-electron chi connectivity index (χ0n) is 10.5. The first-order chi connectivity index (χ1) is 7.79. The van der Waals surface area contributed by atoms with Gasteiger partial charge in [-0.15, -0.1) is 0 Å². The SMILES string of the molecule is C[C@H](NC(=O)c1ccco1)C(=O)NC(C)(C)C. The molecule has 2 N–H and O–H groups in total. The Balaban J connectivity index is 2.52. The van der Waals surface area contributed by atoms with Gasteiger partial charge in [-0.25, -0.2) is 0 Å². The standard InChI is InChI=1S/C12H18N2O3/c1-8(10(15)14-12(2,3)4)13-11(16)9-6-5-7-17-9/h5-8H,1-4H3,(H,13,16)(H,14,15)/t8-/m0/s1. The number of carbonyl (C=O) groups is 2. The van der Waals surface area contributed by atoms with Crippen molar-refractivity contribution >= 4 is 11.8 Å². The summed E-state index contributed by atoms with van der Waals surface area (Å²) >= 11 is 0. The molecular formula is C12H18N2O3. The first-order valence-corrected chi connectivity index (χ1v) is 5.46. The lowest BCUT2D eigenvalue weighted by molar-refractivity contribution is -0.124. The van der Waals surface area contributed by atoms with Crippen molar-refractivity contribution in [1.29, 1.82) is 0 Å². The van der Waals surface area contributed by atoms with Gasteiger partial charge in [-0.05, 0) is 39.8 Å². The van der Waals surface area contributed by atoms with E-state index < -0.39 is 11.9 Å². The van der Waals surface area contributed by atoms with Crippen LogP contribution in [0.2, 0.25) is 0 Å². The molecule has 1 atom stereocenters. The molecule has 2 amide bonds. The van der Waals surface area contributed by atoms with Gasteiger partial charge in [-0.3, -0.25) is 9.59 Å². The van der Waals surface area contributed by atoms with E-state index in [0.29, 0.717) is 0 Å². The molecule has 94 valence electrons. The van der Waals surface area contributed by atoms with Crippen molar-refractivity contribution in [3.63, 3.8) is 0 Å². The monoisotopic (exact) mass is 238 g/mol. The number of hydrogen-bond donors (Lipinski definition) is 2. The lowest BCUT2D eigenvalue weighted by Crippen LogP contribution is -2.50. The highest BCUT2D eigenvalue weighted by Gasteiger charge is 2.21. The molecule has 0 fully saturated rings. The van der Waals surface area contributed by atoms with Crippen molar-refractivity contribution in [2.45, 2.75) is 39.3 Å². The maximum Gasteiger partial charge on any atom is 0.287 e. The highest BCUT2D eigenvalue weighted by molar-refractivity contribution is 5.95. The third-order valence-electron chi connectivity index (χ3n) is 1.98. The average molecular weight is 238 g/mol. The Bertz CT molecular complexity index is 390. The van der Waals surface area contributed by atoms with Crippen LogP contribution in [0.3, 0.4) is 0 Å². The lowest BCUT2D eigenvalue weighted by atomic mass is 10.1. The van der Waals surface area contributed by atoms with Crippen LogP contribution in [-0.2, 0) is 4.79 Å². The van der Waals surface area contributed by atoms with Gasteiger partial charge in [0.05, 0.1) is 6.26 Å². The molecule has 0 unspecified atom stereocenters. The van der Waals surface area contributed by atoms with E-state index in [9.17, 15) is 9.59 Å². The molecule has 0 aliphatic rings. The molecule has 0 aliphatic heterocycles. The molecular weight excluding hydrogens is 220 g/mol. The van der Waals surface area contributed by atoms with Gasteiger partial charge in [-0.1, -0.05) is 0 Å². The molecule has 0 spiro atoms. The summed E-state index contributed by atoms with van der Waals surface area (Å²) in [5.41, 5.74) is -0.319. The number of amides is 2. The summed E-state index contributed by atoms with van der Waals surface area (Å²) in [6.07, 6.45) is 1.41. The van der Waals surface area contributed by atoms with Crippen molar-refractivity contribution in [1.82, 2.24) is 10.6 Å².